The number of hydrogen-bond donors (Lipinski definition) is 1. The van der Waals surface area contributed by atoms with Gasteiger partial charge in [-0.2, -0.15) is 10.5 Å². The maximum atomic E-state index is 12.7. The summed E-state index contributed by atoms with van der Waals surface area (Å²) >= 11 is 0. The maximum Gasteiger partial charge on any atom is 0.253 e. The summed E-state index contributed by atoms with van der Waals surface area (Å²) in [5.41, 5.74) is 1.70. The van der Waals surface area contributed by atoms with Gasteiger partial charge in [-0.3, -0.25) is 14.4 Å². The Labute approximate surface area is 186 Å². The van der Waals surface area contributed by atoms with E-state index in [4.69, 9.17) is 10.5 Å². The molecule has 1 saturated heterocycles. The van der Waals surface area contributed by atoms with Gasteiger partial charge in [-0.05, 0) is 36.4 Å². The summed E-state index contributed by atoms with van der Waals surface area (Å²) in [5.74, 6) is -1.07. The zero-order valence-electron chi connectivity index (χ0n) is 17.5. The standard InChI is InChI=1S/C24H23N5O3/c25-12-4-14-28(15-5-13-26)24(32)18-8-10-20(11-9-18)27-23(31)19-16-22(30)29(17-19)21-6-2-1-3-7-21/h1-3,6-11,19H,4-5,14-17H2,(H,27,31). The third-order valence-corrected chi connectivity index (χ3v) is 5.24. The van der Waals surface area contributed by atoms with Crippen LogP contribution in [0.5, 0.6) is 0 Å². The molecule has 1 aliphatic heterocycles. The monoisotopic (exact) mass is 429 g/mol. The van der Waals surface area contributed by atoms with Gasteiger partial charge in [-0.25, -0.2) is 0 Å². The van der Waals surface area contributed by atoms with Crippen molar-refractivity contribution < 1.29 is 14.4 Å². The zero-order chi connectivity index (χ0) is 22.9. The summed E-state index contributed by atoms with van der Waals surface area (Å²) in [5, 5.41) is 20.4. The van der Waals surface area contributed by atoms with E-state index in [1.165, 1.54) is 4.90 Å². The van der Waals surface area contributed by atoms with Gasteiger partial charge in [-0.15, -0.1) is 0 Å². The lowest BCUT2D eigenvalue weighted by molar-refractivity contribution is -0.122. The molecule has 3 rings (SSSR count). The molecular formula is C24H23N5O3. The molecule has 8 heteroatoms. The van der Waals surface area contributed by atoms with Crippen molar-refractivity contribution in [2.45, 2.75) is 19.3 Å². The fourth-order valence-electron chi connectivity index (χ4n) is 3.55. The summed E-state index contributed by atoms with van der Waals surface area (Å²) in [4.78, 5) is 40.8. The first-order valence-corrected chi connectivity index (χ1v) is 10.3. The van der Waals surface area contributed by atoms with Gasteiger partial charge < -0.3 is 15.1 Å². The highest BCUT2D eigenvalue weighted by atomic mass is 16.2. The normalized spacial score (nSPS) is 15.0. The van der Waals surface area contributed by atoms with Gasteiger partial charge in [0.05, 0.1) is 30.9 Å². The summed E-state index contributed by atoms with van der Waals surface area (Å²) < 4.78 is 0. The Morgan fingerprint density at radius 2 is 1.62 bits per heavy atom. The van der Waals surface area contributed by atoms with E-state index in [1.807, 2.05) is 42.5 Å². The molecule has 1 N–H and O–H groups in total. The van der Waals surface area contributed by atoms with Crippen molar-refractivity contribution in [3.8, 4) is 12.1 Å². The van der Waals surface area contributed by atoms with E-state index in [0.717, 1.165) is 5.69 Å². The van der Waals surface area contributed by atoms with Crippen molar-refractivity contribution in [3.05, 3.63) is 60.2 Å². The Bertz CT molecular complexity index is 1040. The highest BCUT2D eigenvalue weighted by molar-refractivity contribution is 6.03. The third-order valence-electron chi connectivity index (χ3n) is 5.24. The van der Waals surface area contributed by atoms with Crippen LogP contribution in [0.4, 0.5) is 11.4 Å². The highest BCUT2D eigenvalue weighted by Crippen LogP contribution is 2.26. The minimum atomic E-state index is -0.462. The zero-order valence-corrected chi connectivity index (χ0v) is 17.5. The van der Waals surface area contributed by atoms with Crippen LogP contribution in [0.25, 0.3) is 0 Å². The molecule has 0 bridgehead atoms. The predicted molar refractivity (Wildman–Crippen MR) is 118 cm³/mol. The molecule has 0 aromatic heterocycles. The average molecular weight is 429 g/mol. The van der Waals surface area contributed by atoms with Crippen LogP contribution in [-0.4, -0.2) is 42.3 Å². The molecule has 1 atom stereocenters. The van der Waals surface area contributed by atoms with Crippen LogP contribution < -0.4 is 10.2 Å². The summed E-state index contributed by atoms with van der Waals surface area (Å²) in [7, 11) is 0. The van der Waals surface area contributed by atoms with E-state index in [1.54, 1.807) is 29.2 Å². The van der Waals surface area contributed by atoms with Crippen molar-refractivity contribution >= 4 is 29.1 Å². The summed E-state index contributed by atoms with van der Waals surface area (Å²) in [6, 6.07) is 19.7. The number of carbonyl (C=O) groups excluding carboxylic acids is 3. The topological polar surface area (TPSA) is 117 Å². The molecule has 3 amide bonds. The molecule has 0 spiro atoms. The number of para-hydroxylation sites is 1. The van der Waals surface area contributed by atoms with Crippen LogP contribution in [0.3, 0.4) is 0 Å². The molecule has 1 heterocycles. The van der Waals surface area contributed by atoms with E-state index >= 15 is 0 Å². The Kier molecular flexibility index (Phi) is 7.55. The first-order chi connectivity index (χ1) is 15.5. The average Bonchev–Trinajstić information content (AvgIpc) is 3.21. The minimum Gasteiger partial charge on any atom is -0.337 e. The second-order valence-electron chi connectivity index (χ2n) is 7.42. The molecule has 1 fully saturated rings. The van der Waals surface area contributed by atoms with Crippen LogP contribution in [0, 0.1) is 28.6 Å². The van der Waals surface area contributed by atoms with Gasteiger partial charge in [0, 0.05) is 43.0 Å². The number of nitrogens with zero attached hydrogens (tertiary/aromatic N) is 4. The van der Waals surface area contributed by atoms with Crippen molar-refractivity contribution in [1.82, 2.24) is 4.90 Å². The van der Waals surface area contributed by atoms with Crippen LogP contribution in [0.15, 0.2) is 54.6 Å². The number of amides is 3. The van der Waals surface area contributed by atoms with Crippen molar-refractivity contribution in [3.63, 3.8) is 0 Å². The van der Waals surface area contributed by atoms with Gasteiger partial charge in [0.15, 0.2) is 0 Å². The number of anilines is 2. The van der Waals surface area contributed by atoms with Gasteiger partial charge >= 0.3 is 0 Å². The number of carbonyl (C=O) groups is 3. The van der Waals surface area contributed by atoms with E-state index < -0.39 is 5.92 Å². The molecule has 2 aromatic rings. The molecule has 1 aliphatic rings. The molecule has 2 aromatic carbocycles. The van der Waals surface area contributed by atoms with Crippen molar-refractivity contribution in [2.24, 2.45) is 5.92 Å². The van der Waals surface area contributed by atoms with E-state index in [0.29, 0.717) is 17.8 Å². The lowest BCUT2D eigenvalue weighted by Crippen LogP contribution is -2.32. The van der Waals surface area contributed by atoms with E-state index in [-0.39, 0.29) is 50.1 Å². The lowest BCUT2D eigenvalue weighted by atomic mass is 10.1. The predicted octanol–water partition coefficient (Wildman–Crippen LogP) is 2.95. The SMILES string of the molecule is N#CCCN(CCC#N)C(=O)c1ccc(NC(=O)C2CC(=O)N(c3ccccc3)C2)cc1. The number of hydrogen-bond acceptors (Lipinski definition) is 5. The molecule has 32 heavy (non-hydrogen) atoms. The number of rotatable bonds is 8. The van der Waals surface area contributed by atoms with Crippen LogP contribution in [-0.2, 0) is 9.59 Å². The fraction of sp³-hybridized carbons (Fsp3) is 0.292. The van der Waals surface area contributed by atoms with Crippen molar-refractivity contribution in [1.29, 1.82) is 10.5 Å². The van der Waals surface area contributed by atoms with Gasteiger partial charge in [-0.1, -0.05) is 18.2 Å². The van der Waals surface area contributed by atoms with E-state index in [2.05, 4.69) is 5.32 Å². The number of nitrogens with one attached hydrogen (secondary N) is 1. The Morgan fingerprint density at radius 3 is 2.22 bits per heavy atom. The Balaban J connectivity index is 1.61. The molecule has 0 aliphatic carbocycles. The van der Waals surface area contributed by atoms with Gasteiger partial charge in [0.2, 0.25) is 11.8 Å². The second-order valence-corrected chi connectivity index (χ2v) is 7.42. The number of benzene rings is 2. The first-order valence-electron chi connectivity index (χ1n) is 10.3. The largest absolute Gasteiger partial charge is 0.337 e. The minimum absolute atomic E-state index is 0.0906. The lowest BCUT2D eigenvalue weighted by Gasteiger charge is -2.20. The van der Waals surface area contributed by atoms with Gasteiger partial charge in [0.1, 0.15) is 0 Å². The van der Waals surface area contributed by atoms with Crippen molar-refractivity contribution in [2.75, 3.05) is 29.9 Å². The summed E-state index contributed by atoms with van der Waals surface area (Å²) in [6.45, 7) is 0.824. The fourth-order valence-corrected chi connectivity index (χ4v) is 3.55. The summed E-state index contributed by atoms with van der Waals surface area (Å²) in [6.07, 6.45) is 0.515. The first kappa shape index (κ1) is 22.5. The molecule has 8 nitrogen and oxygen atoms in total. The molecule has 162 valence electrons. The molecule has 0 saturated carbocycles. The molecular weight excluding hydrogens is 406 g/mol. The van der Waals surface area contributed by atoms with Crippen LogP contribution in [0.1, 0.15) is 29.6 Å². The Hall–Kier alpha value is -4.17. The Morgan fingerprint density at radius 1 is 1.00 bits per heavy atom. The van der Waals surface area contributed by atoms with E-state index in [9.17, 15) is 14.4 Å². The van der Waals surface area contributed by atoms with Crippen LogP contribution >= 0.6 is 0 Å². The maximum absolute atomic E-state index is 12.7. The molecule has 0 radical (unpaired) electrons. The second kappa shape index (κ2) is 10.7. The smallest absolute Gasteiger partial charge is 0.253 e. The third kappa shape index (κ3) is 5.50. The van der Waals surface area contributed by atoms with Crippen LogP contribution in [0.2, 0.25) is 0 Å². The molecule has 1 unspecified atom stereocenters. The highest BCUT2D eigenvalue weighted by Gasteiger charge is 2.35. The van der Waals surface area contributed by atoms with Gasteiger partial charge in [0.25, 0.3) is 5.91 Å². The number of nitriles is 2. The quantitative estimate of drug-likeness (QED) is 0.692.